The molecule has 0 aliphatic carbocycles. The largest absolute Gasteiger partial charge is 0.456 e. The molecule has 1 amide bonds. The van der Waals surface area contributed by atoms with E-state index in [-0.39, 0.29) is 11.7 Å². The number of amides is 1. The smallest absolute Gasteiger partial charge is 0.291 e. The van der Waals surface area contributed by atoms with Gasteiger partial charge in [-0.1, -0.05) is 11.6 Å². The normalized spacial score (nSPS) is 10.2. The van der Waals surface area contributed by atoms with Crippen molar-refractivity contribution in [1.29, 1.82) is 0 Å². The first kappa shape index (κ1) is 11.5. The van der Waals surface area contributed by atoms with Crippen molar-refractivity contribution >= 4 is 28.9 Å². The third kappa shape index (κ3) is 2.60. The lowest BCUT2D eigenvalue weighted by Crippen LogP contribution is -2.10. The molecule has 0 fully saturated rings. The van der Waals surface area contributed by atoms with Crippen LogP contribution in [-0.4, -0.2) is 5.91 Å². The molecule has 0 radical (unpaired) electrons. The van der Waals surface area contributed by atoms with Crippen LogP contribution >= 0.6 is 11.6 Å². The molecule has 0 aliphatic rings. The van der Waals surface area contributed by atoms with Crippen molar-refractivity contribution in [2.45, 2.75) is 6.92 Å². The molecule has 2 aromatic rings. The molecule has 4 nitrogen and oxygen atoms in total. The fourth-order valence-corrected chi connectivity index (χ4v) is 1.53. The molecule has 0 saturated carbocycles. The van der Waals surface area contributed by atoms with Gasteiger partial charge in [-0.3, -0.25) is 4.79 Å². The molecule has 1 aromatic carbocycles. The summed E-state index contributed by atoms with van der Waals surface area (Å²) in [4.78, 5) is 11.7. The summed E-state index contributed by atoms with van der Waals surface area (Å²) in [5.74, 6) is 0.625. The summed E-state index contributed by atoms with van der Waals surface area (Å²) in [6.45, 7) is 1.77. The van der Waals surface area contributed by atoms with Gasteiger partial charge in [0, 0.05) is 5.69 Å². The quantitative estimate of drug-likeness (QED) is 0.805. The van der Waals surface area contributed by atoms with Gasteiger partial charge in [0.2, 0.25) is 0 Å². The highest BCUT2D eigenvalue weighted by atomic mass is 35.5. The number of halogens is 1. The molecule has 0 saturated heterocycles. The van der Waals surface area contributed by atoms with Crippen molar-refractivity contribution in [3.63, 3.8) is 0 Å². The average molecular weight is 251 g/mol. The second kappa shape index (κ2) is 4.51. The Morgan fingerprint density at radius 2 is 2.12 bits per heavy atom. The number of nitrogens with one attached hydrogen (secondary N) is 1. The van der Waals surface area contributed by atoms with Crippen LogP contribution in [-0.2, 0) is 0 Å². The van der Waals surface area contributed by atoms with Crippen LogP contribution in [0.5, 0.6) is 0 Å². The van der Waals surface area contributed by atoms with Crippen LogP contribution in [0.3, 0.4) is 0 Å². The van der Waals surface area contributed by atoms with Crippen LogP contribution in [0.4, 0.5) is 11.4 Å². The fraction of sp³-hybridized carbons (Fsp3) is 0.0833. The van der Waals surface area contributed by atoms with Crippen molar-refractivity contribution in [3.05, 3.63) is 46.9 Å². The van der Waals surface area contributed by atoms with E-state index >= 15 is 0 Å². The maximum atomic E-state index is 11.7. The van der Waals surface area contributed by atoms with Gasteiger partial charge in [-0.15, -0.1) is 0 Å². The van der Waals surface area contributed by atoms with Crippen molar-refractivity contribution < 1.29 is 9.21 Å². The minimum Gasteiger partial charge on any atom is -0.456 e. The number of carbonyl (C=O) groups excluding carboxylic acids is 1. The summed E-state index contributed by atoms with van der Waals surface area (Å²) in [7, 11) is 0. The van der Waals surface area contributed by atoms with E-state index in [1.165, 1.54) is 0 Å². The summed E-state index contributed by atoms with van der Waals surface area (Å²) in [6.07, 6.45) is 0. The Hall–Kier alpha value is -1.94. The summed E-state index contributed by atoms with van der Waals surface area (Å²) in [5.41, 5.74) is 6.61. The molecule has 2 rings (SSSR count). The molecule has 3 N–H and O–H groups in total. The van der Waals surface area contributed by atoms with E-state index in [1.807, 2.05) is 0 Å². The number of nitrogen functional groups attached to an aromatic ring is 1. The molecule has 0 bridgehead atoms. The zero-order chi connectivity index (χ0) is 12.4. The first-order valence-corrected chi connectivity index (χ1v) is 5.37. The van der Waals surface area contributed by atoms with Gasteiger partial charge >= 0.3 is 0 Å². The number of carbonyl (C=O) groups is 1. The summed E-state index contributed by atoms with van der Waals surface area (Å²) in [6, 6.07) is 8.24. The maximum absolute atomic E-state index is 11.7. The second-order valence-electron chi connectivity index (χ2n) is 3.60. The summed E-state index contributed by atoms with van der Waals surface area (Å²) >= 11 is 5.85. The predicted molar refractivity (Wildman–Crippen MR) is 67.3 cm³/mol. The summed E-state index contributed by atoms with van der Waals surface area (Å²) < 4.78 is 5.20. The van der Waals surface area contributed by atoms with Crippen LogP contribution < -0.4 is 11.1 Å². The minimum atomic E-state index is -0.320. The van der Waals surface area contributed by atoms with Crippen LogP contribution in [0.1, 0.15) is 16.3 Å². The number of hydrogen-bond acceptors (Lipinski definition) is 3. The molecular formula is C12H11ClN2O2. The number of aryl methyl sites for hydroxylation is 1. The van der Waals surface area contributed by atoms with Gasteiger partial charge in [0.15, 0.2) is 5.76 Å². The number of hydrogen-bond donors (Lipinski definition) is 2. The SMILES string of the molecule is Cc1ccc(C(=O)Nc2ccc(N)c(Cl)c2)o1. The van der Waals surface area contributed by atoms with Gasteiger partial charge in [-0.2, -0.15) is 0 Å². The van der Waals surface area contributed by atoms with Crippen LogP contribution in [0.2, 0.25) is 5.02 Å². The van der Waals surface area contributed by atoms with E-state index in [1.54, 1.807) is 37.3 Å². The highest BCUT2D eigenvalue weighted by Crippen LogP contribution is 2.23. The van der Waals surface area contributed by atoms with Crippen molar-refractivity contribution in [1.82, 2.24) is 0 Å². The van der Waals surface area contributed by atoms with Gasteiger partial charge in [-0.05, 0) is 37.3 Å². The zero-order valence-electron chi connectivity index (χ0n) is 9.16. The van der Waals surface area contributed by atoms with Crippen LogP contribution in [0.15, 0.2) is 34.7 Å². The van der Waals surface area contributed by atoms with E-state index in [4.69, 9.17) is 21.8 Å². The van der Waals surface area contributed by atoms with E-state index < -0.39 is 0 Å². The van der Waals surface area contributed by atoms with Gasteiger partial charge in [0.1, 0.15) is 5.76 Å². The van der Waals surface area contributed by atoms with Crippen molar-refractivity contribution in [3.8, 4) is 0 Å². The van der Waals surface area contributed by atoms with Gasteiger partial charge in [-0.25, -0.2) is 0 Å². The molecule has 0 unspecified atom stereocenters. The number of nitrogens with two attached hydrogens (primary N) is 1. The van der Waals surface area contributed by atoms with Crippen LogP contribution in [0, 0.1) is 6.92 Å². The molecule has 1 heterocycles. The Kier molecular flexibility index (Phi) is 3.06. The topological polar surface area (TPSA) is 68.3 Å². The summed E-state index contributed by atoms with van der Waals surface area (Å²) in [5, 5.41) is 3.07. The highest BCUT2D eigenvalue weighted by molar-refractivity contribution is 6.33. The van der Waals surface area contributed by atoms with Gasteiger partial charge < -0.3 is 15.5 Å². The average Bonchev–Trinajstić information content (AvgIpc) is 2.70. The lowest BCUT2D eigenvalue weighted by molar-refractivity contribution is 0.0995. The third-order valence-corrected chi connectivity index (χ3v) is 2.55. The number of rotatable bonds is 2. The Balaban J connectivity index is 2.15. The molecule has 17 heavy (non-hydrogen) atoms. The maximum Gasteiger partial charge on any atom is 0.291 e. The fourth-order valence-electron chi connectivity index (χ4n) is 1.35. The van der Waals surface area contributed by atoms with E-state index in [0.717, 1.165) is 0 Å². The van der Waals surface area contributed by atoms with Gasteiger partial charge in [0.25, 0.3) is 5.91 Å². The molecular weight excluding hydrogens is 240 g/mol. The molecule has 0 spiro atoms. The Labute approximate surface area is 103 Å². The minimum absolute atomic E-state index is 0.260. The predicted octanol–water partition coefficient (Wildman–Crippen LogP) is 3.08. The molecule has 88 valence electrons. The molecule has 0 atom stereocenters. The molecule has 1 aromatic heterocycles. The van der Waals surface area contributed by atoms with E-state index in [9.17, 15) is 4.79 Å². The van der Waals surface area contributed by atoms with Gasteiger partial charge in [0.05, 0.1) is 10.7 Å². The first-order valence-electron chi connectivity index (χ1n) is 4.99. The van der Waals surface area contributed by atoms with Crippen LogP contribution in [0.25, 0.3) is 0 Å². The first-order chi connectivity index (χ1) is 8.06. The second-order valence-corrected chi connectivity index (χ2v) is 4.01. The number of anilines is 2. The highest BCUT2D eigenvalue weighted by Gasteiger charge is 2.10. The number of benzene rings is 1. The monoisotopic (exact) mass is 250 g/mol. The molecule has 0 aliphatic heterocycles. The van der Waals surface area contributed by atoms with Crippen molar-refractivity contribution in [2.75, 3.05) is 11.1 Å². The number of furan rings is 1. The van der Waals surface area contributed by atoms with E-state index in [2.05, 4.69) is 5.32 Å². The van der Waals surface area contributed by atoms with Crippen molar-refractivity contribution in [2.24, 2.45) is 0 Å². The lowest BCUT2D eigenvalue weighted by Gasteiger charge is -2.04. The Morgan fingerprint density at radius 3 is 2.71 bits per heavy atom. The zero-order valence-corrected chi connectivity index (χ0v) is 9.91. The lowest BCUT2D eigenvalue weighted by atomic mass is 10.3. The third-order valence-electron chi connectivity index (χ3n) is 2.22. The van der Waals surface area contributed by atoms with E-state index in [0.29, 0.717) is 22.2 Å². The Bertz CT molecular complexity index is 563. The Morgan fingerprint density at radius 1 is 1.35 bits per heavy atom. The standard InChI is InChI=1S/C12H11ClN2O2/c1-7-2-5-11(17-7)12(16)15-8-3-4-10(14)9(13)6-8/h2-6H,14H2,1H3,(H,15,16). The molecule has 5 heteroatoms.